The van der Waals surface area contributed by atoms with Crippen molar-refractivity contribution in [1.29, 1.82) is 0 Å². The van der Waals surface area contributed by atoms with Gasteiger partial charge in [0.15, 0.2) is 0 Å². The minimum Gasteiger partial charge on any atom is -0.497 e. The van der Waals surface area contributed by atoms with E-state index in [2.05, 4.69) is 19.1 Å². The van der Waals surface area contributed by atoms with Gasteiger partial charge >= 0.3 is 5.97 Å². The Kier molecular flexibility index (Phi) is 3.66. The molecule has 1 saturated carbocycles. The number of benzene rings is 1. The van der Waals surface area contributed by atoms with Crippen molar-refractivity contribution in [3.63, 3.8) is 0 Å². The maximum absolute atomic E-state index is 11.5. The first kappa shape index (κ1) is 15.7. The average molecular weight is 327 g/mol. The Bertz CT molecular complexity index is 711. The summed E-state index contributed by atoms with van der Waals surface area (Å²) in [6.07, 6.45) is 4.31. The number of hydrogen-bond acceptors (Lipinski definition) is 4. The molecule has 4 rings (SSSR count). The van der Waals surface area contributed by atoms with Crippen molar-refractivity contribution in [3.05, 3.63) is 29.3 Å². The molecule has 0 spiro atoms. The molecule has 4 unspecified atom stereocenters. The molecule has 24 heavy (non-hydrogen) atoms. The van der Waals surface area contributed by atoms with Crippen LogP contribution < -0.4 is 4.74 Å². The number of methoxy groups -OCH3 is 1. The summed E-state index contributed by atoms with van der Waals surface area (Å²) < 4.78 is 11.0. The van der Waals surface area contributed by atoms with Gasteiger partial charge in [0.2, 0.25) is 0 Å². The molecule has 4 heteroatoms. The van der Waals surface area contributed by atoms with Gasteiger partial charge in [0.1, 0.15) is 11.9 Å². The van der Waals surface area contributed by atoms with Crippen molar-refractivity contribution in [1.82, 2.24) is 0 Å². The van der Waals surface area contributed by atoms with Gasteiger partial charge in [-0.15, -0.1) is 0 Å². The Morgan fingerprint density at radius 1 is 1.29 bits per heavy atom. The molecule has 2 aliphatic carbocycles. The normalized spacial score (nSPS) is 33.8. The Hall–Kier alpha value is -1.84. The van der Waals surface area contributed by atoms with Gasteiger partial charge in [-0.3, -0.25) is 9.79 Å². The van der Waals surface area contributed by atoms with E-state index in [1.54, 1.807) is 7.11 Å². The second-order valence-corrected chi connectivity index (χ2v) is 7.66. The van der Waals surface area contributed by atoms with Crippen molar-refractivity contribution in [3.8, 4) is 5.75 Å². The molecule has 128 valence electrons. The largest absolute Gasteiger partial charge is 0.497 e. The quantitative estimate of drug-likeness (QED) is 0.782. The molecule has 4 nitrogen and oxygen atoms in total. The molecule has 0 bridgehead atoms. The third kappa shape index (κ3) is 2.27. The number of aliphatic imine (C=N–C) groups is 1. The summed E-state index contributed by atoms with van der Waals surface area (Å²) in [5.74, 6) is 1.80. The van der Waals surface area contributed by atoms with Crippen molar-refractivity contribution >= 4 is 11.7 Å². The summed E-state index contributed by atoms with van der Waals surface area (Å²) in [5.41, 5.74) is 3.90. The van der Waals surface area contributed by atoms with Crippen LogP contribution in [-0.2, 0) is 16.0 Å². The number of hydrogen-bond donors (Lipinski definition) is 0. The lowest BCUT2D eigenvalue weighted by Gasteiger charge is -2.45. The molecule has 1 aliphatic heterocycles. The molecule has 1 heterocycles. The Labute approximate surface area is 143 Å². The van der Waals surface area contributed by atoms with Gasteiger partial charge in [-0.2, -0.15) is 0 Å². The van der Waals surface area contributed by atoms with E-state index in [9.17, 15) is 4.79 Å². The molecule has 4 atom stereocenters. The van der Waals surface area contributed by atoms with Gasteiger partial charge in [-0.1, -0.05) is 6.92 Å². The van der Waals surface area contributed by atoms with Gasteiger partial charge < -0.3 is 9.47 Å². The molecule has 1 aromatic carbocycles. The summed E-state index contributed by atoms with van der Waals surface area (Å²) in [6, 6.07) is 6.35. The van der Waals surface area contributed by atoms with Crippen LogP contribution >= 0.6 is 0 Å². The molecule has 3 aliphatic rings. The fraction of sp³-hybridized carbons (Fsp3) is 0.600. The first-order valence-electron chi connectivity index (χ1n) is 8.92. The van der Waals surface area contributed by atoms with Crippen molar-refractivity contribution in [2.24, 2.45) is 22.2 Å². The van der Waals surface area contributed by atoms with Gasteiger partial charge in [-0.25, -0.2) is 0 Å². The van der Waals surface area contributed by atoms with Crippen LogP contribution in [0.1, 0.15) is 44.2 Å². The second kappa shape index (κ2) is 5.61. The standard InChI is InChI=1S/C20H25NO3/c1-12(22)24-18-9-8-17-16-6-4-13-10-14(23-3)5-7-15(13)19(16)21-11-20(17,18)2/h5,7,10,16-18H,4,6,8-9,11H2,1-3H3. The number of carbonyl (C=O) groups is 1. The number of fused-ring (bicyclic) bond motifs is 5. The number of carbonyl (C=O) groups excluding carboxylic acids is 1. The van der Waals surface area contributed by atoms with Crippen LogP contribution in [0.15, 0.2) is 23.2 Å². The number of nitrogens with zero attached hydrogens (tertiary/aromatic N) is 1. The molecule has 0 saturated heterocycles. The molecular formula is C20H25NO3. The SMILES string of the molecule is COc1ccc2c(c1)CCC1C2=NCC2(C)C(OC(C)=O)CCC12. The molecule has 0 aromatic heterocycles. The van der Waals surface area contributed by atoms with Crippen LogP contribution in [0.5, 0.6) is 5.75 Å². The van der Waals surface area contributed by atoms with Gasteiger partial charge in [-0.05, 0) is 60.9 Å². The highest BCUT2D eigenvalue weighted by Gasteiger charge is 2.54. The van der Waals surface area contributed by atoms with E-state index in [0.717, 1.165) is 38.0 Å². The first-order valence-corrected chi connectivity index (χ1v) is 8.92. The van der Waals surface area contributed by atoms with Crippen LogP contribution in [0.25, 0.3) is 0 Å². The fourth-order valence-corrected chi connectivity index (χ4v) is 5.15. The van der Waals surface area contributed by atoms with Crippen molar-refractivity contribution in [2.45, 2.75) is 45.6 Å². The summed E-state index contributed by atoms with van der Waals surface area (Å²) >= 11 is 0. The summed E-state index contributed by atoms with van der Waals surface area (Å²) in [6.45, 7) is 4.54. The van der Waals surface area contributed by atoms with Gasteiger partial charge in [0, 0.05) is 30.5 Å². The number of ether oxygens (including phenoxy) is 2. The third-order valence-electron chi connectivity index (χ3n) is 6.37. The Morgan fingerprint density at radius 3 is 2.88 bits per heavy atom. The third-order valence-corrected chi connectivity index (χ3v) is 6.37. The average Bonchev–Trinajstić information content (AvgIpc) is 2.90. The smallest absolute Gasteiger partial charge is 0.302 e. The van der Waals surface area contributed by atoms with Crippen LogP contribution in [0.3, 0.4) is 0 Å². The Balaban J connectivity index is 1.68. The van der Waals surface area contributed by atoms with Crippen molar-refractivity contribution in [2.75, 3.05) is 13.7 Å². The monoisotopic (exact) mass is 327 g/mol. The summed E-state index contributed by atoms with van der Waals surface area (Å²) in [5, 5.41) is 0. The van der Waals surface area contributed by atoms with Crippen LogP contribution in [-0.4, -0.2) is 31.4 Å². The molecular weight excluding hydrogens is 302 g/mol. The second-order valence-electron chi connectivity index (χ2n) is 7.66. The van der Waals surface area contributed by atoms with E-state index in [1.165, 1.54) is 23.8 Å². The lowest BCUT2D eigenvalue weighted by Crippen LogP contribution is -2.47. The summed E-state index contributed by atoms with van der Waals surface area (Å²) in [7, 11) is 1.71. The lowest BCUT2D eigenvalue weighted by atomic mass is 9.64. The van der Waals surface area contributed by atoms with E-state index < -0.39 is 0 Å². The van der Waals surface area contributed by atoms with Gasteiger partial charge in [0.25, 0.3) is 0 Å². The highest BCUT2D eigenvalue weighted by molar-refractivity contribution is 6.05. The molecule has 0 amide bonds. The zero-order valence-corrected chi connectivity index (χ0v) is 14.7. The van der Waals surface area contributed by atoms with E-state index >= 15 is 0 Å². The number of aryl methyl sites for hydroxylation is 1. The molecule has 1 aromatic rings. The number of esters is 1. The van der Waals surface area contributed by atoms with E-state index in [-0.39, 0.29) is 17.5 Å². The molecule has 0 N–H and O–H groups in total. The minimum absolute atomic E-state index is 0.0101. The lowest BCUT2D eigenvalue weighted by molar-refractivity contribution is -0.152. The van der Waals surface area contributed by atoms with E-state index in [1.807, 2.05) is 6.07 Å². The summed E-state index contributed by atoms with van der Waals surface area (Å²) in [4.78, 5) is 16.5. The maximum atomic E-state index is 11.5. The zero-order chi connectivity index (χ0) is 16.9. The van der Waals surface area contributed by atoms with Gasteiger partial charge in [0.05, 0.1) is 7.11 Å². The molecule has 0 radical (unpaired) electrons. The minimum atomic E-state index is -0.169. The first-order chi connectivity index (χ1) is 11.5. The molecule has 1 fully saturated rings. The highest BCUT2D eigenvalue weighted by Crippen LogP contribution is 2.54. The number of rotatable bonds is 2. The zero-order valence-electron chi connectivity index (χ0n) is 14.7. The van der Waals surface area contributed by atoms with Crippen LogP contribution in [0.4, 0.5) is 0 Å². The highest BCUT2D eigenvalue weighted by atomic mass is 16.5. The fourth-order valence-electron chi connectivity index (χ4n) is 5.15. The van der Waals surface area contributed by atoms with Crippen LogP contribution in [0, 0.1) is 17.3 Å². The predicted octanol–water partition coefficient (Wildman–Crippen LogP) is 3.41. The van der Waals surface area contributed by atoms with E-state index in [0.29, 0.717) is 11.8 Å². The Morgan fingerprint density at radius 2 is 2.12 bits per heavy atom. The predicted molar refractivity (Wildman–Crippen MR) is 92.6 cm³/mol. The van der Waals surface area contributed by atoms with Crippen molar-refractivity contribution < 1.29 is 14.3 Å². The van der Waals surface area contributed by atoms with Crippen LogP contribution in [0.2, 0.25) is 0 Å². The maximum Gasteiger partial charge on any atom is 0.302 e. The van der Waals surface area contributed by atoms with E-state index in [4.69, 9.17) is 14.5 Å². The topological polar surface area (TPSA) is 47.9 Å².